The van der Waals surface area contributed by atoms with Crippen molar-refractivity contribution in [2.75, 3.05) is 13.2 Å². The maximum absolute atomic E-state index is 5.88. The summed E-state index contributed by atoms with van der Waals surface area (Å²) in [4.78, 5) is 0. The minimum atomic E-state index is 0.202. The fourth-order valence-corrected chi connectivity index (χ4v) is 2.47. The van der Waals surface area contributed by atoms with Gasteiger partial charge in [0.15, 0.2) is 0 Å². The normalized spacial score (nSPS) is 40.4. The lowest BCUT2D eigenvalue weighted by Crippen LogP contribution is -2.42. The molecule has 0 saturated carbocycles. The van der Waals surface area contributed by atoms with Crippen LogP contribution >= 0.6 is 0 Å². The Morgan fingerprint density at radius 1 is 1.23 bits per heavy atom. The maximum Gasteiger partial charge on any atom is 0.0730 e. The van der Waals surface area contributed by atoms with E-state index in [0.717, 1.165) is 26.1 Å². The van der Waals surface area contributed by atoms with Crippen LogP contribution in [0, 0.1) is 5.92 Å². The lowest BCUT2D eigenvalue weighted by molar-refractivity contribution is -0.124. The van der Waals surface area contributed by atoms with Crippen LogP contribution in [0.3, 0.4) is 0 Å². The molecule has 13 heavy (non-hydrogen) atoms. The molecule has 2 fully saturated rings. The first kappa shape index (κ1) is 9.47. The highest BCUT2D eigenvalue weighted by atomic mass is 16.5. The van der Waals surface area contributed by atoms with Crippen molar-refractivity contribution in [3.63, 3.8) is 0 Å². The molecule has 0 aliphatic carbocycles. The Kier molecular flexibility index (Phi) is 2.61. The van der Waals surface area contributed by atoms with E-state index in [-0.39, 0.29) is 5.60 Å². The predicted molar refractivity (Wildman–Crippen MR) is 51.7 cm³/mol. The molecule has 2 aliphatic rings. The Labute approximate surface area is 80.6 Å². The van der Waals surface area contributed by atoms with Crippen LogP contribution in [0.5, 0.6) is 0 Å². The smallest absolute Gasteiger partial charge is 0.0730 e. The number of hydrogen-bond acceptors (Lipinski definition) is 2. The van der Waals surface area contributed by atoms with Crippen LogP contribution in [0.1, 0.15) is 39.5 Å². The monoisotopic (exact) mass is 184 g/mol. The van der Waals surface area contributed by atoms with Gasteiger partial charge in [-0.3, -0.25) is 0 Å². The highest BCUT2D eigenvalue weighted by molar-refractivity contribution is 4.91. The van der Waals surface area contributed by atoms with E-state index in [1.54, 1.807) is 0 Å². The SMILES string of the molecule is CC(C)C1CC2(CCCO2)CCO1. The number of rotatable bonds is 1. The molecular weight excluding hydrogens is 164 g/mol. The first-order chi connectivity index (χ1) is 6.22. The zero-order chi connectivity index (χ0) is 9.31. The molecule has 2 aliphatic heterocycles. The van der Waals surface area contributed by atoms with E-state index in [4.69, 9.17) is 9.47 Å². The summed E-state index contributed by atoms with van der Waals surface area (Å²) in [6.07, 6.45) is 5.14. The van der Waals surface area contributed by atoms with Crippen molar-refractivity contribution in [2.24, 2.45) is 5.92 Å². The summed E-state index contributed by atoms with van der Waals surface area (Å²) < 4.78 is 11.6. The Balaban J connectivity index is 1.98. The number of ether oxygens (including phenoxy) is 2. The minimum Gasteiger partial charge on any atom is -0.378 e. The molecule has 2 unspecified atom stereocenters. The van der Waals surface area contributed by atoms with Crippen LogP contribution in [0.25, 0.3) is 0 Å². The van der Waals surface area contributed by atoms with Crippen LogP contribution in [-0.4, -0.2) is 24.9 Å². The molecule has 76 valence electrons. The van der Waals surface area contributed by atoms with Crippen LogP contribution in [0.15, 0.2) is 0 Å². The van der Waals surface area contributed by atoms with E-state index in [9.17, 15) is 0 Å². The summed E-state index contributed by atoms with van der Waals surface area (Å²) in [5.74, 6) is 0.626. The molecule has 0 radical (unpaired) electrons. The van der Waals surface area contributed by atoms with Gasteiger partial charge in [0.25, 0.3) is 0 Å². The summed E-state index contributed by atoms with van der Waals surface area (Å²) >= 11 is 0. The molecule has 0 aromatic carbocycles. The summed E-state index contributed by atoms with van der Waals surface area (Å²) in [6, 6.07) is 0. The van der Waals surface area contributed by atoms with Gasteiger partial charge >= 0.3 is 0 Å². The van der Waals surface area contributed by atoms with E-state index < -0.39 is 0 Å². The van der Waals surface area contributed by atoms with Crippen molar-refractivity contribution in [2.45, 2.75) is 51.2 Å². The fourth-order valence-electron chi connectivity index (χ4n) is 2.47. The van der Waals surface area contributed by atoms with Crippen molar-refractivity contribution in [3.8, 4) is 0 Å². The van der Waals surface area contributed by atoms with Gasteiger partial charge in [-0.2, -0.15) is 0 Å². The zero-order valence-corrected chi connectivity index (χ0v) is 8.71. The van der Waals surface area contributed by atoms with Crippen molar-refractivity contribution >= 4 is 0 Å². The van der Waals surface area contributed by atoms with Gasteiger partial charge in [-0.25, -0.2) is 0 Å². The average Bonchev–Trinajstić information content (AvgIpc) is 2.53. The van der Waals surface area contributed by atoms with Crippen molar-refractivity contribution in [1.82, 2.24) is 0 Å². The van der Waals surface area contributed by atoms with Crippen molar-refractivity contribution in [3.05, 3.63) is 0 Å². The number of hydrogen-bond donors (Lipinski definition) is 0. The topological polar surface area (TPSA) is 18.5 Å². The first-order valence-corrected chi connectivity index (χ1v) is 5.47. The molecule has 0 bridgehead atoms. The quantitative estimate of drug-likeness (QED) is 0.623. The summed E-state index contributed by atoms with van der Waals surface area (Å²) in [5, 5.41) is 0. The van der Waals surface area contributed by atoms with Gasteiger partial charge in [-0.15, -0.1) is 0 Å². The first-order valence-electron chi connectivity index (χ1n) is 5.47. The van der Waals surface area contributed by atoms with Gasteiger partial charge < -0.3 is 9.47 Å². The van der Waals surface area contributed by atoms with E-state index in [1.807, 2.05) is 0 Å². The van der Waals surface area contributed by atoms with Crippen LogP contribution in [0.2, 0.25) is 0 Å². The fraction of sp³-hybridized carbons (Fsp3) is 1.00. The Morgan fingerprint density at radius 3 is 2.69 bits per heavy atom. The Hall–Kier alpha value is -0.0800. The Bertz CT molecular complexity index is 171. The zero-order valence-electron chi connectivity index (χ0n) is 8.71. The minimum absolute atomic E-state index is 0.202. The molecule has 2 saturated heterocycles. The second-order valence-electron chi connectivity index (χ2n) is 4.74. The third kappa shape index (κ3) is 1.89. The second kappa shape index (κ2) is 3.58. The van der Waals surface area contributed by atoms with Gasteiger partial charge in [-0.05, 0) is 25.2 Å². The predicted octanol–water partition coefficient (Wildman–Crippen LogP) is 2.37. The summed E-state index contributed by atoms with van der Waals surface area (Å²) in [7, 11) is 0. The van der Waals surface area contributed by atoms with Crippen molar-refractivity contribution in [1.29, 1.82) is 0 Å². The maximum atomic E-state index is 5.88. The van der Waals surface area contributed by atoms with Gasteiger partial charge in [0.1, 0.15) is 0 Å². The molecule has 0 aromatic heterocycles. The molecule has 2 nitrogen and oxygen atoms in total. The summed E-state index contributed by atoms with van der Waals surface area (Å²) in [6.45, 7) is 6.32. The third-order valence-corrected chi connectivity index (χ3v) is 3.39. The van der Waals surface area contributed by atoms with E-state index >= 15 is 0 Å². The lowest BCUT2D eigenvalue weighted by atomic mass is 9.84. The van der Waals surface area contributed by atoms with E-state index in [0.29, 0.717) is 12.0 Å². The average molecular weight is 184 g/mol. The van der Waals surface area contributed by atoms with Gasteiger partial charge in [0.2, 0.25) is 0 Å². The highest BCUT2D eigenvalue weighted by Crippen LogP contribution is 2.38. The second-order valence-corrected chi connectivity index (χ2v) is 4.74. The van der Waals surface area contributed by atoms with Crippen molar-refractivity contribution < 1.29 is 9.47 Å². The highest BCUT2D eigenvalue weighted by Gasteiger charge is 2.41. The molecular formula is C11H20O2. The molecule has 2 atom stereocenters. The van der Waals surface area contributed by atoms with Crippen LogP contribution < -0.4 is 0 Å². The van der Waals surface area contributed by atoms with Gasteiger partial charge in [0.05, 0.1) is 11.7 Å². The molecule has 0 aromatic rings. The van der Waals surface area contributed by atoms with Crippen LogP contribution in [0.4, 0.5) is 0 Å². The molecule has 1 spiro atoms. The van der Waals surface area contributed by atoms with Gasteiger partial charge in [-0.1, -0.05) is 13.8 Å². The third-order valence-electron chi connectivity index (χ3n) is 3.39. The molecule has 2 rings (SSSR count). The van der Waals surface area contributed by atoms with E-state index in [2.05, 4.69) is 13.8 Å². The Morgan fingerprint density at radius 2 is 2.08 bits per heavy atom. The molecule has 2 heteroatoms. The van der Waals surface area contributed by atoms with E-state index in [1.165, 1.54) is 12.8 Å². The van der Waals surface area contributed by atoms with Gasteiger partial charge in [0, 0.05) is 19.6 Å². The molecule has 0 amide bonds. The van der Waals surface area contributed by atoms with Crippen LogP contribution in [-0.2, 0) is 9.47 Å². The standard InChI is InChI=1S/C11H20O2/c1-9(2)10-8-11(5-7-12-10)4-3-6-13-11/h9-10H,3-8H2,1-2H3. The molecule has 0 N–H and O–H groups in total. The lowest BCUT2D eigenvalue weighted by Gasteiger charge is -2.38. The summed E-state index contributed by atoms with van der Waals surface area (Å²) in [5.41, 5.74) is 0.202. The molecule has 2 heterocycles. The largest absolute Gasteiger partial charge is 0.378 e.